The molecule has 1 amide bonds. The summed E-state index contributed by atoms with van der Waals surface area (Å²) < 4.78 is 25.3. The molecular formula is C29H69NO7Si6. The molecule has 0 spiro atoms. The first-order valence-electron chi connectivity index (χ1n) is 16.5. The Morgan fingerprint density at radius 3 is 1.21 bits per heavy atom. The van der Waals surface area contributed by atoms with E-state index in [2.05, 4.69) is 85.1 Å². The Kier molecular flexibility index (Phi) is 20.6. The fraction of sp³-hybridized carbons (Fsp3) is 0.897. The number of unbranched alkanes of at least 4 members (excludes halogenated alkanes) is 2. The summed E-state index contributed by atoms with van der Waals surface area (Å²) in [6.07, 6.45) is 5.13. The fourth-order valence-corrected chi connectivity index (χ4v) is 18.0. The minimum atomic E-state index is -1.67. The summed E-state index contributed by atoms with van der Waals surface area (Å²) >= 11 is 0. The first-order chi connectivity index (χ1) is 19.5. The highest BCUT2D eigenvalue weighted by molar-refractivity contribution is 6.72. The third-order valence-corrected chi connectivity index (χ3v) is 14.9. The second kappa shape index (κ2) is 20.5. The van der Waals surface area contributed by atoms with Gasteiger partial charge in [0.2, 0.25) is 5.91 Å². The highest BCUT2D eigenvalue weighted by Gasteiger charge is 2.28. The van der Waals surface area contributed by atoms with Gasteiger partial charge in [0.05, 0.1) is 31.2 Å². The van der Waals surface area contributed by atoms with E-state index in [1.54, 1.807) is 4.90 Å². The lowest BCUT2D eigenvalue weighted by atomic mass is 10.1. The van der Waals surface area contributed by atoms with Crippen molar-refractivity contribution in [2.24, 2.45) is 0 Å². The lowest BCUT2D eigenvalue weighted by molar-refractivity contribution is -0.129. The minimum Gasteiger partial charge on any atom is -0.398 e. The van der Waals surface area contributed by atoms with Crippen molar-refractivity contribution in [2.75, 3.05) is 13.1 Å². The summed E-state index contributed by atoms with van der Waals surface area (Å²) in [7, 11) is -7.75. The number of rotatable bonds is 25. The van der Waals surface area contributed by atoms with Gasteiger partial charge in [-0.15, -0.1) is 0 Å². The molecular weight excluding hydrogens is 643 g/mol. The van der Waals surface area contributed by atoms with Gasteiger partial charge >= 0.3 is 0 Å². The molecule has 0 saturated heterocycles. The number of carbonyl (C=O) groups is 1. The Labute approximate surface area is 273 Å². The normalized spacial score (nSPS) is 15.3. The molecule has 256 valence electrons. The summed E-state index contributed by atoms with van der Waals surface area (Å²) in [4.78, 5) is 14.0. The Morgan fingerprint density at radius 2 is 0.953 bits per heavy atom. The largest absolute Gasteiger partial charge is 0.398 e. The highest BCUT2D eigenvalue weighted by Crippen LogP contribution is 2.18. The fourth-order valence-electron chi connectivity index (χ4n) is 4.67. The van der Waals surface area contributed by atoms with Gasteiger partial charge in [0, 0.05) is 13.1 Å². The third-order valence-electron chi connectivity index (χ3n) is 6.24. The number of amides is 1. The lowest BCUT2D eigenvalue weighted by Gasteiger charge is -2.31. The summed E-state index contributed by atoms with van der Waals surface area (Å²) in [6, 6.07) is 2.22. The van der Waals surface area contributed by atoms with Crippen molar-refractivity contribution in [3.05, 3.63) is 12.7 Å². The molecule has 0 radical (unpaired) electrons. The summed E-state index contributed by atoms with van der Waals surface area (Å²) in [5.74, 6) is -0.264. The second-order valence-corrected chi connectivity index (χ2v) is 37.6. The van der Waals surface area contributed by atoms with Crippen LogP contribution < -0.4 is 0 Å². The van der Waals surface area contributed by atoms with E-state index in [1.807, 2.05) is 0 Å². The van der Waals surface area contributed by atoms with Gasteiger partial charge in [-0.25, -0.2) is 0 Å². The zero-order valence-electron chi connectivity index (χ0n) is 30.0. The van der Waals surface area contributed by atoms with Gasteiger partial charge in [0.25, 0.3) is 0 Å². The molecule has 0 bridgehead atoms. The Morgan fingerprint density at radius 1 is 0.651 bits per heavy atom. The van der Waals surface area contributed by atoms with Crippen molar-refractivity contribution >= 4 is 58.2 Å². The summed E-state index contributed by atoms with van der Waals surface area (Å²) in [6.45, 7) is 30.5. The van der Waals surface area contributed by atoms with E-state index in [4.69, 9.17) is 17.7 Å². The van der Waals surface area contributed by atoms with E-state index in [0.29, 0.717) is 12.8 Å². The van der Waals surface area contributed by atoms with E-state index >= 15 is 0 Å². The van der Waals surface area contributed by atoms with Crippen molar-refractivity contribution in [3.63, 3.8) is 0 Å². The van der Waals surface area contributed by atoms with Crippen LogP contribution in [-0.2, 0) is 22.5 Å². The molecule has 0 aliphatic rings. The molecule has 0 aliphatic carbocycles. The average Bonchev–Trinajstić information content (AvgIpc) is 2.78. The van der Waals surface area contributed by atoms with Crippen LogP contribution in [0.2, 0.25) is 90.7 Å². The number of hydrogen-bond acceptors (Lipinski definition) is 7. The van der Waals surface area contributed by atoms with E-state index in [-0.39, 0.29) is 30.8 Å². The van der Waals surface area contributed by atoms with E-state index in [0.717, 1.165) is 37.8 Å². The van der Waals surface area contributed by atoms with Crippen LogP contribution in [0.15, 0.2) is 12.7 Å². The molecule has 0 rings (SSSR count). The first kappa shape index (κ1) is 43.3. The molecule has 14 heteroatoms. The van der Waals surface area contributed by atoms with E-state index in [9.17, 15) is 15.0 Å². The van der Waals surface area contributed by atoms with Crippen LogP contribution in [0, 0.1) is 0 Å². The van der Waals surface area contributed by atoms with E-state index < -0.39 is 64.5 Å². The van der Waals surface area contributed by atoms with Gasteiger partial charge in [-0.3, -0.25) is 4.79 Å². The molecule has 0 aromatic rings. The SMILES string of the molecule is C=CC(=O)N(CC(O)CCCC[SiH2]C(O[Si](C)(C)C)O[Si](C)(C)C)CC(O)CCCC[SiH2]C(O[Si](C)(C)C)O[Si](C)(C)C. The molecule has 2 N–H and O–H groups in total. The molecule has 0 fully saturated rings. The molecule has 2 atom stereocenters. The van der Waals surface area contributed by atoms with Crippen molar-refractivity contribution in [2.45, 2.75) is 153 Å². The number of hydrogen-bond donors (Lipinski definition) is 2. The van der Waals surface area contributed by atoms with Crippen LogP contribution in [-0.4, -0.2) is 110 Å². The molecule has 2 unspecified atom stereocenters. The molecule has 0 aliphatic heterocycles. The van der Waals surface area contributed by atoms with E-state index in [1.165, 1.54) is 6.08 Å². The average molecular weight is 712 g/mol. The standard InChI is InChI=1S/C29H69NO7Si6/c1-14-27(33)30(23-25(31)19-15-17-21-38-28(34-40(2,3)4)35-41(5,6)7)24-26(32)20-16-18-22-39-29(36-42(8,9)10)37-43(11,12)13/h14,25-26,28-29,31-32H,1,15-24,38-39H2,2-13H3. The van der Waals surface area contributed by atoms with Crippen molar-refractivity contribution in [3.8, 4) is 0 Å². The van der Waals surface area contributed by atoms with Gasteiger partial charge in [-0.2, -0.15) is 0 Å². The highest BCUT2D eigenvalue weighted by atomic mass is 28.4. The number of nitrogens with zero attached hydrogens (tertiary/aromatic N) is 1. The molecule has 0 heterocycles. The van der Waals surface area contributed by atoms with Gasteiger partial charge in [0.15, 0.2) is 33.3 Å². The maximum absolute atomic E-state index is 12.5. The smallest absolute Gasteiger partial charge is 0.246 e. The first-order valence-corrected chi connectivity index (χ1v) is 33.7. The second-order valence-electron chi connectivity index (χ2n) is 15.8. The maximum atomic E-state index is 12.5. The zero-order valence-corrected chi connectivity index (χ0v) is 36.8. The van der Waals surface area contributed by atoms with Crippen LogP contribution >= 0.6 is 0 Å². The molecule has 43 heavy (non-hydrogen) atoms. The summed E-state index contributed by atoms with van der Waals surface area (Å²) in [5.41, 5.74) is 0. The van der Waals surface area contributed by atoms with Gasteiger partial charge < -0.3 is 32.8 Å². The van der Waals surface area contributed by atoms with Crippen LogP contribution in [0.1, 0.15) is 38.5 Å². The van der Waals surface area contributed by atoms with Crippen LogP contribution in [0.5, 0.6) is 0 Å². The Balaban J connectivity index is 4.58. The predicted octanol–water partition coefficient (Wildman–Crippen LogP) is 5.21. The van der Waals surface area contributed by atoms with Crippen LogP contribution in [0.4, 0.5) is 0 Å². The van der Waals surface area contributed by atoms with Crippen molar-refractivity contribution in [1.82, 2.24) is 4.90 Å². The Hall–Kier alpha value is 0.271. The molecule has 8 nitrogen and oxygen atoms in total. The van der Waals surface area contributed by atoms with Crippen molar-refractivity contribution in [1.29, 1.82) is 0 Å². The Bertz CT molecular complexity index is 695. The maximum Gasteiger partial charge on any atom is 0.246 e. The van der Waals surface area contributed by atoms with Crippen LogP contribution in [0.3, 0.4) is 0 Å². The lowest BCUT2D eigenvalue weighted by Crippen LogP contribution is -2.43. The topological polar surface area (TPSA) is 97.7 Å². The molecule has 0 aromatic heterocycles. The monoisotopic (exact) mass is 711 g/mol. The molecule has 0 aromatic carbocycles. The predicted molar refractivity (Wildman–Crippen MR) is 198 cm³/mol. The summed E-state index contributed by atoms with van der Waals surface area (Å²) in [5, 5.41) is 21.4. The van der Waals surface area contributed by atoms with Gasteiger partial charge in [-0.1, -0.05) is 44.4 Å². The zero-order chi connectivity index (χ0) is 33.5. The van der Waals surface area contributed by atoms with Crippen LogP contribution in [0.25, 0.3) is 0 Å². The number of aliphatic hydroxyl groups excluding tert-OH is 2. The third kappa shape index (κ3) is 27.1. The number of aliphatic hydroxyl groups is 2. The molecule has 0 saturated carbocycles. The van der Waals surface area contributed by atoms with Gasteiger partial charge in [0.1, 0.15) is 11.8 Å². The van der Waals surface area contributed by atoms with Crippen molar-refractivity contribution < 1.29 is 32.7 Å². The van der Waals surface area contributed by atoms with Gasteiger partial charge in [-0.05, 0) is 97.5 Å². The minimum absolute atomic E-state index is 0.00816. The quantitative estimate of drug-likeness (QED) is 0.0581. The number of carbonyl (C=O) groups excluding carboxylic acids is 1.